The Kier molecular flexibility index (Phi) is 9.61. The van der Waals surface area contributed by atoms with E-state index in [4.69, 9.17) is 0 Å². The van der Waals surface area contributed by atoms with Crippen molar-refractivity contribution in [3.8, 4) is 0 Å². The van der Waals surface area contributed by atoms with E-state index in [-0.39, 0.29) is 5.92 Å². The van der Waals surface area contributed by atoms with Crippen molar-refractivity contribution in [3.05, 3.63) is 0 Å². The summed E-state index contributed by atoms with van der Waals surface area (Å²) in [4.78, 5) is 23.0. The van der Waals surface area contributed by atoms with Crippen molar-refractivity contribution >= 4 is 11.6 Å². The van der Waals surface area contributed by atoms with Crippen molar-refractivity contribution in [2.24, 2.45) is 5.92 Å². The number of Topliss-reactive ketones (excluding diaryl/α,β-unsaturated/α-hetero) is 2. The van der Waals surface area contributed by atoms with Gasteiger partial charge in [-0.25, -0.2) is 0 Å². The SMILES string of the molecule is CCCCCCCCCCCCC1CC(=O)CCC1=O. The van der Waals surface area contributed by atoms with Gasteiger partial charge in [-0.2, -0.15) is 0 Å². The average molecular weight is 280 g/mol. The largest absolute Gasteiger partial charge is 0.300 e. The fraction of sp³-hybridized carbons (Fsp3) is 0.889. The fourth-order valence-electron chi connectivity index (χ4n) is 3.10. The van der Waals surface area contributed by atoms with Crippen LogP contribution in [0.15, 0.2) is 0 Å². The number of rotatable bonds is 11. The molecule has 0 heterocycles. The van der Waals surface area contributed by atoms with E-state index in [0.29, 0.717) is 30.8 Å². The van der Waals surface area contributed by atoms with Crippen molar-refractivity contribution in [1.29, 1.82) is 0 Å². The molecule has 116 valence electrons. The average Bonchev–Trinajstić information content (AvgIpc) is 2.44. The monoisotopic (exact) mass is 280 g/mol. The lowest BCUT2D eigenvalue weighted by molar-refractivity contribution is -0.133. The summed E-state index contributed by atoms with van der Waals surface area (Å²) >= 11 is 0. The van der Waals surface area contributed by atoms with Crippen molar-refractivity contribution in [1.82, 2.24) is 0 Å². The molecular formula is C18H32O2. The Hall–Kier alpha value is -0.660. The summed E-state index contributed by atoms with van der Waals surface area (Å²) in [5.41, 5.74) is 0. The van der Waals surface area contributed by atoms with Gasteiger partial charge in [-0.05, 0) is 6.42 Å². The summed E-state index contributed by atoms with van der Waals surface area (Å²) in [7, 11) is 0. The van der Waals surface area contributed by atoms with Crippen LogP contribution in [0.2, 0.25) is 0 Å². The minimum Gasteiger partial charge on any atom is -0.300 e. The van der Waals surface area contributed by atoms with Crippen LogP contribution >= 0.6 is 0 Å². The van der Waals surface area contributed by atoms with Gasteiger partial charge in [0.25, 0.3) is 0 Å². The van der Waals surface area contributed by atoms with Gasteiger partial charge in [0, 0.05) is 25.2 Å². The number of hydrogen-bond donors (Lipinski definition) is 0. The normalized spacial score (nSPS) is 19.6. The molecule has 0 aromatic carbocycles. The highest BCUT2D eigenvalue weighted by Gasteiger charge is 2.26. The first kappa shape index (κ1) is 17.4. The smallest absolute Gasteiger partial charge is 0.136 e. The first-order valence-electron chi connectivity index (χ1n) is 8.78. The van der Waals surface area contributed by atoms with Gasteiger partial charge < -0.3 is 0 Å². The van der Waals surface area contributed by atoms with Gasteiger partial charge in [0.15, 0.2) is 0 Å². The van der Waals surface area contributed by atoms with Crippen LogP contribution in [-0.4, -0.2) is 11.6 Å². The van der Waals surface area contributed by atoms with Gasteiger partial charge in [-0.15, -0.1) is 0 Å². The van der Waals surface area contributed by atoms with E-state index in [0.717, 1.165) is 12.8 Å². The van der Waals surface area contributed by atoms with Crippen LogP contribution in [0.4, 0.5) is 0 Å². The third-order valence-corrected chi connectivity index (χ3v) is 4.49. The Balaban J connectivity index is 1.89. The van der Waals surface area contributed by atoms with E-state index >= 15 is 0 Å². The van der Waals surface area contributed by atoms with Crippen LogP contribution in [0.5, 0.6) is 0 Å². The number of carbonyl (C=O) groups is 2. The molecule has 2 heteroatoms. The molecule has 1 rings (SSSR count). The van der Waals surface area contributed by atoms with E-state index in [1.165, 1.54) is 57.8 Å². The van der Waals surface area contributed by atoms with Crippen molar-refractivity contribution in [2.75, 3.05) is 0 Å². The highest BCUT2D eigenvalue weighted by molar-refractivity contribution is 5.94. The maximum atomic E-state index is 11.7. The molecule has 0 aromatic rings. The van der Waals surface area contributed by atoms with E-state index in [9.17, 15) is 9.59 Å². The molecule has 1 aliphatic rings. The summed E-state index contributed by atoms with van der Waals surface area (Å²) in [6.07, 6.45) is 15.7. The zero-order valence-corrected chi connectivity index (χ0v) is 13.3. The van der Waals surface area contributed by atoms with E-state index in [1.807, 2.05) is 0 Å². The second-order valence-electron chi connectivity index (χ2n) is 6.38. The zero-order chi connectivity index (χ0) is 14.6. The molecule has 1 saturated carbocycles. The molecule has 0 aliphatic heterocycles. The van der Waals surface area contributed by atoms with Crippen molar-refractivity contribution in [2.45, 2.75) is 96.8 Å². The summed E-state index contributed by atoms with van der Waals surface area (Å²) in [6, 6.07) is 0. The predicted molar refractivity (Wildman–Crippen MR) is 83.8 cm³/mol. The van der Waals surface area contributed by atoms with Gasteiger partial charge >= 0.3 is 0 Å². The van der Waals surface area contributed by atoms with E-state index in [1.54, 1.807) is 0 Å². The maximum Gasteiger partial charge on any atom is 0.136 e. The molecule has 1 fully saturated rings. The molecule has 1 atom stereocenters. The zero-order valence-electron chi connectivity index (χ0n) is 13.3. The Morgan fingerprint density at radius 2 is 1.35 bits per heavy atom. The lowest BCUT2D eigenvalue weighted by Crippen LogP contribution is -2.24. The first-order valence-corrected chi connectivity index (χ1v) is 8.78. The lowest BCUT2D eigenvalue weighted by Gasteiger charge is -2.19. The molecule has 1 aliphatic carbocycles. The topological polar surface area (TPSA) is 34.1 Å². The predicted octanol–water partition coefficient (Wildman–Crippen LogP) is 5.24. The molecule has 20 heavy (non-hydrogen) atoms. The van der Waals surface area contributed by atoms with Crippen LogP contribution in [-0.2, 0) is 9.59 Å². The van der Waals surface area contributed by atoms with Gasteiger partial charge in [-0.1, -0.05) is 71.1 Å². The van der Waals surface area contributed by atoms with Crippen LogP contribution in [0.3, 0.4) is 0 Å². The van der Waals surface area contributed by atoms with E-state index < -0.39 is 0 Å². The summed E-state index contributed by atoms with van der Waals surface area (Å²) in [6.45, 7) is 2.25. The Labute approximate surface area is 124 Å². The molecule has 0 N–H and O–H groups in total. The number of hydrogen-bond acceptors (Lipinski definition) is 2. The lowest BCUT2D eigenvalue weighted by atomic mass is 9.83. The molecule has 0 bridgehead atoms. The molecule has 0 spiro atoms. The van der Waals surface area contributed by atoms with Gasteiger partial charge in [-0.3, -0.25) is 9.59 Å². The highest BCUT2D eigenvalue weighted by atomic mass is 16.1. The van der Waals surface area contributed by atoms with Crippen LogP contribution in [0, 0.1) is 5.92 Å². The van der Waals surface area contributed by atoms with Crippen molar-refractivity contribution in [3.63, 3.8) is 0 Å². The molecule has 0 saturated heterocycles. The molecule has 2 nitrogen and oxygen atoms in total. The maximum absolute atomic E-state index is 11.7. The second-order valence-corrected chi connectivity index (χ2v) is 6.38. The van der Waals surface area contributed by atoms with Crippen LogP contribution in [0.1, 0.15) is 96.8 Å². The van der Waals surface area contributed by atoms with Crippen molar-refractivity contribution < 1.29 is 9.59 Å². The Bertz CT molecular complexity index is 283. The standard InChI is InChI=1S/C18H32O2/c1-2-3-4-5-6-7-8-9-10-11-12-16-15-17(19)13-14-18(16)20/h16H,2-15H2,1H3. The summed E-state index contributed by atoms with van der Waals surface area (Å²) in [5, 5.41) is 0. The Morgan fingerprint density at radius 3 is 1.95 bits per heavy atom. The number of ketones is 2. The third-order valence-electron chi connectivity index (χ3n) is 4.49. The summed E-state index contributed by atoms with van der Waals surface area (Å²) in [5.74, 6) is 0.687. The first-order chi connectivity index (χ1) is 9.74. The quantitative estimate of drug-likeness (QED) is 0.485. The minimum atomic E-state index is 0.0605. The third kappa shape index (κ3) is 7.81. The minimum absolute atomic E-state index is 0.0605. The molecule has 0 radical (unpaired) electrons. The van der Waals surface area contributed by atoms with Gasteiger partial charge in [0.2, 0.25) is 0 Å². The van der Waals surface area contributed by atoms with Crippen LogP contribution < -0.4 is 0 Å². The number of unbranched alkanes of at least 4 members (excludes halogenated alkanes) is 9. The second kappa shape index (κ2) is 11.0. The molecule has 1 unspecified atom stereocenters. The van der Waals surface area contributed by atoms with Gasteiger partial charge in [0.1, 0.15) is 11.6 Å². The summed E-state index contributed by atoms with van der Waals surface area (Å²) < 4.78 is 0. The number of carbonyl (C=O) groups excluding carboxylic acids is 2. The van der Waals surface area contributed by atoms with Gasteiger partial charge in [0.05, 0.1) is 0 Å². The van der Waals surface area contributed by atoms with Crippen LogP contribution in [0.25, 0.3) is 0 Å². The fourth-order valence-corrected chi connectivity index (χ4v) is 3.10. The van der Waals surface area contributed by atoms with E-state index in [2.05, 4.69) is 6.92 Å². The Morgan fingerprint density at radius 1 is 0.800 bits per heavy atom. The molecular weight excluding hydrogens is 248 g/mol. The molecule has 0 amide bonds. The molecule has 0 aromatic heterocycles. The highest BCUT2D eigenvalue weighted by Crippen LogP contribution is 2.23.